The molecule has 0 saturated heterocycles. The van der Waals surface area contributed by atoms with E-state index in [2.05, 4.69) is 11.9 Å². The Balaban J connectivity index is 3.19. The smallest absolute Gasteiger partial charge is 0.128 e. The summed E-state index contributed by atoms with van der Waals surface area (Å²) >= 11 is 5.59. The van der Waals surface area contributed by atoms with Crippen molar-refractivity contribution < 1.29 is 0 Å². The Morgan fingerprint density at radius 2 is 2.50 bits per heavy atom. The molecule has 1 rings (SSSR count). The summed E-state index contributed by atoms with van der Waals surface area (Å²) in [6.45, 7) is 3.61. The van der Waals surface area contributed by atoms with Crippen LogP contribution in [0.25, 0.3) is 0 Å². The summed E-state index contributed by atoms with van der Waals surface area (Å²) in [6, 6.07) is 0. The van der Waals surface area contributed by atoms with Crippen LogP contribution in [0.2, 0.25) is 5.15 Å². The van der Waals surface area contributed by atoms with Crippen LogP contribution in [0.3, 0.4) is 0 Å². The van der Waals surface area contributed by atoms with Crippen molar-refractivity contribution in [1.82, 2.24) is 9.55 Å². The monoisotopic (exact) mass is 129 g/mol. The van der Waals surface area contributed by atoms with Gasteiger partial charge in [-0.05, 0) is 0 Å². The van der Waals surface area contributed by atoms with Crippen molar-refractivity contribution >= 4 is 11.6 Å². The minimum atomic E-state index is 0.620. The second-order valence-electron chi connectivity index (χ2n) is 1.56. The molecule has 2 nitrogen and oxygen atoms in total. The molecule has 0 spiro atoms. The third-order valence-corrected chi connectivity index (χ3v) is 1.38. The Hall–Kier alpha value is -0.500. The molecule has 0 aliphatic carbocycles. The zero-order valence-electron chi connectivity index (χ0n) is 4.56. The number of halogens is 1. The average molecular weight is 130 g/mol. The largest absolute Gasteiger partial charge is 0.322 e. The average Bonchev–Trinajstić information content (AvgIpc) is 1.98. The SMILES string of the molecule is [CH2]c1ncc(Cl)n1C. The lowest BCUT2D eigenvalue weighted by atomic mass is 10.7. The van der Waals surface area contributed by atoms with Crippen LogP contribution in [0.4, 0.5) is 0 Å². The number of nitrogens with zero attached hydrogens (tertiary/aromatic N) is 2. The molecule has 0 aliphatic rings. The lowest BCUT2D eigenvalue weighted by molar-refractivity contribution is 0.885. The lowest BCUT2D eigenvalue weighted by Crippen LogP contribution is -1.89. The van der Waals surface area contributed by atoms with Gasteiger partial charge >= 0.3 is 0 Å². The maximum absolute atomic E-state index is 5.59. The molecule has 0 atom stereocenters. The van der Waals surface area contributed by atoms with Crippen molar-refractivity contribution in [2.24, 2.45) is 7.05 Å². The maximum atomic E-state index is 5.59. The summed E-state index contributed by atoms with van der Waals surface area (Å²) in [5, 5.41) is 0.620. The highest BCUT2D eigenvalue weighted by Crippen LogP contribution is 2.06. The van der Waals surface area contributed by atoms with Gasteiger partial charge in [0.05, 0.1) is 6.20 Å². The summed E-state index contributed by atoms with van der Waals surface area (Å²) in [5.41, 5.74) is 0. The van der Waals surface area contributed by atoms with E-state index in [0.29, 0.717) is 11.0 Å². The quantitative estimate of drug-likeness (QED) is 0.516. The van der Waals surface area contributed by atoms with E-state index in [0.717, 1.165) is 0 Å². The number of imidazole rings is 1. The third-order valence-electron chi connectivity index (χ3n) is 1.03. The van der Waals surface area contributed by atoms with Crippen LogP contribution in [-0.2, 0) is 7.05 Å². The Morgan fingerprint density at radius 1 is 1.88 bits per heavy atom. The van der Waals surface area contributed by atoms with Gasteiger partial charge in [-0.15, -0.1) is 0 Å². The van der Waals surface area contributed by atoms with E-state index in [1.165, 1.54) is 0 Å². The summed E-state index contributed by atoms with van der Waals surface area (Å²) in [7, 11) is 1.82. The topological polar surface area (TPSA) is 17.8 Å². The van der Waals surface area contributed by atoms with Crippen molar-refractivity contribution in [1.29, 1.82) is 0 Å². The second kappa shape index (κ2) is 1.78. The lowest BCUT2D eigenvalue weighted by Gasteiger charge is -1.91. The molecule has 8 heavy (non-hydrogen) atoms. The van der Waals surface area contributed by atoms with Crippen molar-refractivity contribution in [2.45, 2.75) is 0 Å². The Bertz CT molecular complexity index is 173. The maximum Gasteiger partial charge on any atom is 0.128 e. The highest BCUT2D eigenvalue weighted by atomic mass is 35.5. The molecule has 0 amide bonds. The van der Waals surface area contributed by atoms with E-state index in [9.17, 15) is 0 Å². The molecule has 0 saturated carbocycles. The molecule has 43 valence electrons. The van der Waals surface area contributed by atoms with Gasteiger partial charge in [0.15, 0.2) is 0 Å². The number of hydrogen-bond donors (Lipinski definition) is 0. The summed E-state index contributed by atoms with van der Waals surface area (Å²) < 4.78 is 1.71. The second-order valence-corrected chi connectivity index (χ2v) is 1.94. The molecule has 1 aromatic rings. The predicted molar refractivity (Wildman–Crippen MR) is 32.7 cm³/mol. The summed E-state index contributed by atoms with van der Waals surface area (Å²) in [4.78, 5) is 3.84. The van der Waals surface area contributed by atoms with Gasteiger partial charge in [0, 0.05) is 14.0 Å². The molecule has 0 aromatic carbocycles. The Kier molecular flexibility index (Phi) is 1.26. The van der Waals surface area contributed by atoms with Crippen LogP contribution in [0.5, 0.6) is 0 Å². The number of aromatic nitrogens is 2. The molecule has 1 radical (unpaired) electrons. The van der Waals surface area contributed by atoms with Gasteiger partial charge in [0.2, 0.25) is 0 Å². The van der Waals surface area contributed by atoms with Crippen LogP contribution in [0.15, 0.2) is 6.20 Å². The van der Waals surface area contributed by atoms with Crippen molar-refractivity contribution in [2.75, 3.05) is 0 Å². The first-order valence-corrected chi connectivity index (χ1v) is 2.59. The van der Waals surface area contributed by atoms with Crippen molar-refractivity contribution in [3.05, 3.63) is 24.1 Å². The summed E-state index contributed by atoms with van der Waals surface area (Å²) in [6.07, 6.45) is 1.57. The van der Waals surface area contributed by atoms with Gasteiger partial charge in [-0.3, -0.25) is 0 Å². The zero-order chi connectivity index (χ0) is 6.15. The molecule has 0 aliphatic heterocycles. The molecule has 0 unspecified atom stereocenters. The minimum Gasteiger partial charge on any atom is -0.322 e. The third kappa shape index (κ3) is 0.713. The van der Waals surface area contributed by atoms with Gasteiger partial charge in [-0.25, -0.2) is 4.98 Å². The highest BCUT2D eigenvalue weighted by molar-refractivity contribution is 6.29. The van der Waals surface area contributed by atoms with Gasteiger partial charge in [0.25, 0.3) is 0 Å². The van der Waals surface area contributed by atoms with E-state index in [4.69, 9.17) is 11.6 Å². The molecule has 0 fully saturated rings. The first kappa shape index (κ1) is 5.63. The van der Waals surface area contributed by atoms with E-state index in [1.54, 1.807) is 10.8 Å². The fraction of sp³-hybridized carbons (Fsp3) is 0.200. The van der Waals surface area contributed by atoms with Crippen LogP contribution in [0.1, 0.15) is 5.82 Å². The van der Waals surface area contributed by atoms with Crippen LogP contribution in [-0.4, -0.2) is 9.55 Å². The molecule has 0 N–H and O–H groups in total. The molecular formula is C5H6ClN2. The van der Waals surface area contributed by atoms with Crippen LogP contribution < -0.4 is 0 Å². The number of hydrogen-bond acceptors (Lipinski definition) is 1. The standard InChI is InChI=1S/C5H6ClN2/c1-4-7-3-5(6)8(4)2/h3H,1H2,2H3. The molecule has 1 aromatic heterocycles. The fourth-order valence-electron chi connectivity index (χ4n) is 0.424. The molecule has 1 heterocycles. The highest BCUT2D eigenvalue weighted by Gasteiger charge is 1.95. The van der Waals surface area contributed by atoms with Gasteiger partial charge in [0.1, 0.15) is 11.0 Å². The van der Waals surface area contributed by atoms with Gasteiger partial charge in [-0.1, -0.05) is 11.6 Å². The van der Waals surface area contributed by atoms with E-state index in [1.807, 2.05) is 7.05 Å². The Labute approximate surface area is 53.1 Å². The molecule has 3 heteroatoms. The van der Waals surface area contributed by atoms with Crippen LogP contribution >= 0.6 is 11.6 Å². The van der Waals surface area contributed by atoms with E-state index in [-0.39, 0.29) is 0 Å². The summed E-state index contributed by atoms with van der Waals surface area (Å²) in [5.74, 6) is 0.690. The predicted octanol–water partition coefficient (Wildman–Crippen LogP) is 1.26. The van der Waals surface area contributed by atoms with Gasteiger partial charge in [-0.2, -0.15) is 0 Å². The minimum absolute atomic E-state index is 0.620. The normalized spacial score (nSPS) is 9.88. The zero-order valence-corrected chi connectivity index (χ0v) is 5.31. The first-order valence-electron chi connectivity index (χ1n) is 2.21. The van der Waals surface area contributed by atoms with E-state index < -0.39 is 0 Å². The van der Waals surface area contributed by atoms with Crippen LogP contribution in [0, 0.1) is 6.92 Å². The van der Waals surface area contributed by atoms with Crippen molar-refractivity contribution in [3.8, 4) is 0 Å². The fourth-order valence-corrected chi connectivity index (χ4v) is 0.571. The number of rotatable bonds is 0. The van der Waals surface area contributed by atoms with E-state index >= 15 is 0 Å². The van der Waals surface area contributed by atoms with Gasteiger partial charge < -0.3 is 4.57 Å². The molecular weight excluding hydrogens is 124 g/mol. The first-order chi connectivity index (χ1) is 3.72. The Morgan fingerprint density at radius 3 is 2.62 bits per heavy atom. The molecule has 0 bridgehead atoms. The van der Waals surface area contributed by atoms with Crippen molar-refractivity contribution in [3.63, 3.8) is 0 Å².